The van der Waals surface area contributed by atoms with Gasteiger partial charge in [-0.15, -0.1) is 0 Å². The zero-order valence-electron chi connectivity index (χ0n) is 14.6. The Morgan fingerprint density at radius 2 is 1.88 bits per heavy atom. The molecule has 1 aromatic carbocycles. The molecule has 0 saturated carbocycles. The minimum absolute atomic E-state index is 0.223. The van der Waals surface area contributed by atoms with Gasteiger partial charge in [-0.2, -0.15) is 0 Å². The summed E-state index contributed by atoms with van der Waals surface area (Å²) in [6.45, 7) is 5.62. The summed E-state index contributed by atoms with van der Waals surface area (Å²) in [5.74, 6) is 0.180. The molecule has 0 bridgehead atoms. The molecular formula is C19H23FN4O. The second-order valence-corrected chi connectivity index (χ2v) is 6.46. The van der Waals surface area contributed by atoms with Crippen LogP contribution in [0.2, 0.25) is 0 Å². The summed E-state index contributed by atoms with van der Waals surface area (Å²) in [4.78, 5) is 23.6. The minimum Gasteiger partial charge on any atom is -0.345 e. The van der Waals surface area contributed by atoms with Crippen LogP contribution >= 0.6 is 0 Å². The fourth-order valence-corrected chi connectivity index (χ4v) is 3.03. The molecular weight excluding hydrogens is 319 g/mol. The number of hydrogen-bond donors (Lipinski definition) is 1. The van der Waals surface area contributed by atoms with Gasteiger partial charge in [0.1, 0.15) is 5.82 Å². The molecule has 1 unspecified atom stereocenters. The second-order valence-electron chi connectivity index (χ2n) is 6.46. The predicted octanol–water partition coefficient (Wildman–Crippen LogP) is 3.41. The number of aryl methyl sites for hydroxylation is 1. The largest absolute Gasteiger partial charge is 0.345 e. The Morgan fingerprint density at radius 1 is 1.20 bits per heavy atom. The molecule has 1 saturated heterocycles. The summed E-state index contributed by atoms with van der Waals surface area (Å²) >= 11 is 0. The lowest BCUT2D eigenvalue weighted by atomic mass is 10.1. The van der Waals surface area contributed by atoms with Gasteiger partial charge >= 0.3 is 0 Å². The molecule has 1 aliphatic rings. The highest BCUT2D eigenvalue weighted by atomic mass is 19.1. The molecule has 1 aromatic heterocycles. The molecule has 0 radical (unpaired) electrons. The normalized spacial score (nSPS) is 15.7. The van der Waals surface area contributed by atoms with E-state index in [-0.39, 0.29) is 17.8 Å². The maximum absolute atomic E-state index is 13.0. The number of hydrogen-bond acceptors (Lipinski definition) is 4. The van der Waals surface area contributed by atoms with Gasteiger partial charge in [0, 0.05) is 19.3 Å². The number of anilines is 1. The van der Waals surface area contributed by atoms with Crippen molar-refractivity contribution in [3.63, 3.8) is 0 Å². The van der Waals surface area contributed by atoms with Crippen molar-refractivity contribution in [2.75, 3.05) is 18.0 Å². The van der Waals surface area contributed by atoms with Crippen LogP contribution in [0, 0.1) is 12.7 Å². The van der Waals surface area contributed by atoms with E-state index in [1.54, 1.807) is 18.3 Å². The lowest BCUT2D eigenvalue weighted by molar-refractivity contribution is 0.0938. The van der Waals surface area contributed by atoms with E-state index >= 15 is 0 Å². The number of nitrogens with zero attached hydrogens (tertiary/aromatic N) is 3. The van der Waals surface area contributed by atoms with Crippen molar-refractivity contribution < 1.29 is 9.18 Å². The van der Waals surface area contributed by atoms with Gasteiger partial charge in [-0.05, 0) is 50.8 Å². The quantitative estimate of drug-likeness (QED) is 0.925. The number of carbonyl (C=O) groups excluding carboxylic acids is 1. The van der Waals surface area contributed by atoms with Crippen LogP contribution in [0.5, 0.6) is 0 Å². The summed E-state index contributed by atoms with van der Waals surface area (Å²) in [5.41, 5.74) is 1.98. The van der Waals surface area contributed by atoms with E-state index in [0.29, 0.717) is 17.2 Å². The van der Waals surface area contributed by atoms with Gasteiger partial charge in [0.25, 0.3) is 5.91 Å². The van der Waals surface area contributed by atoms with Crippen molar-refractivity contribution in [1.29, 1.82) is 0 Å². The van der Waals surface area contributed by atoms with Gasteiger partial charge in [0.2, 0.25) is 5.95 Å². The Labute approximate surface area is 147 Å². The molecule has 25 heavy (non-hydrogen) atoms. The summed E-state index contributed by atoms with van der Waals surface area (Å²) in [7, 11) is 0. The molecule has 6 heteroatoms. The molecule has 1 fully saturated rings. The van der Waals surface area contributed by atoms with Crippen LogP contribution < -0.4 is 10.2 Å². The summed E-state index contributed by atoms with van der Waals surface area (Å²) in [6, 6.07) is 5.89. The van der Waals surface area contributed by atoms with Gasteiger partial charge in [-0.25, -0.2) is 14.4 Å². The number of aromatic nitrogens is 2. The molecule has 132 valence electrons. The van der Waals surface area contributed by atoms with Crippen LogP contribution in [0.3, 0.4) is 0 Å². The number of carbonyl (C=O) groups is 1. The first-order valence-corrected chi connectivity index (χ1v) is 8.69. The lowest BCUT2D eigenvalue weighted by Crippen LogP contribution is -2.32. The Balaban J connectivity index is 1.70. The standard InChI is InChI=1S/C19H23FN4O/c1-13(15-6-8-16(20)9-7-15)22-18(25)17-12-21-19(23-14(17)2)24-10-4-3-5-11-24/h6-9,12-13H,3-5,10-11H2,1-2H3,(H,22,25). The van der Waals surface area contributed by atoms with Gasteiger partial charge in [0.05, 0.1) is 17.3 Å². The number of benzene rings is 1. The summed E-state index contributed by atoms with van der Waals surface area (Å²) in [5, 5.41) is 2.92. The second kappa shape index (κ2) is 7.59. The van der Waals surface area contributed by atoms with E-state index in [2.05, 4.69) is 20.2 Å². The Morgan fingerprint density at radius 3 is 2.52 bits per heavy atom. The number of halogens is 1. The van der Waals surface area contributed by atoms with Crippen molar-refractivity contribution >= 4 is 11.9 Å². The maximum atomic E-state index is 13.0. The highest BCUT2D eigenvalue weighted by Gasteiger charge is 2.18. The van der Waals surface area contributed by atoms with Crippen LogP contribution in [-0.4, -0.2) is 29.0 Å². The number of amides is 1. The summed E-state index contributed by atoms with van der Waals surface area (Å²) in [6.07, 6.45) is 5.15. The smallest absolute Gasteiger partial charge is 0.255 e. The molecule has 5 nitrogen and oxygen atoms in total. The van der Waals surface area contributed by atoms with Crippen molar-refractivity contribution in [2.24, 2.45) is 0 Å². The molecule has 1 atom stereocenters. The minimum atomic E-state index is -0.292. The van der Waals surface area contributed by atoms with Gasteiger partial charge in [-0.3, -0.25) is 4.79 Å². The molecule has 2 heterocycles. The van der Waals surface area contributed by atoms with Crippen molar-refractivity contribution in [3.05, 3.63) is 53.1 Å². The van der Waals surface area contributed by atoms with Crippen LogP contribution in [0.1, 0.15) is 53.8 Å². The first-order valence-electron chi connectivity index (χ1n) is 8.69. The number of piperidine rings is 1. The lowest BCUT2D eigenvalue weighted by Gasteiger charge is -2.27. The molecule has 1 N–H and O–H groups in total. The van der Waals surface area contributed by atoms with E-state index in [1.165, 1.54) is 18.6 Å². The van der Waals surface area contributed by atoms with Crippen LogP contribution in [0.15, 0.2) is 30.5 Å². The Bertz CT molecular complexity index is 742. The topological polar surface area (TPSA) is 58.1 Å². The molecule has 0 spiro atoms. The van der Waals surface area contributed by atoms with Crippen molar-refractivity contribution in [1.82, 2.24) is 15.3 Å². The summed E-state index contributed by atoms with van der Waals surface area (Å²) < 4.78 is 13.0. The third-order valence-corrected chi connectivity index (χ3v) is 4.57. The first kappa shape index (κ1) is 17.3. The number of nitrogens with one attached hydrogen (secondary N) is 1. The van der Waals surface area contributed by atoms with E-state index < -0.39 is 0 Å². The van der Waals surface area contributed by atoms with Gasteiger partial charge < -0.3 is 10.2 Å². The predicted molar refractivity (Wildman–Crippen MR) is 95.1 cm³/mol. The van der Waals surface area contributed by atoms with Crippen molar-refractivity contribution in [3.8, 4) is 0 Å². The average molecular weight is 342 g/mol. The SMILES string of the molecule is Cc1nc(N2CCCCC2)ncc1C(=O)NC(C)c1ccc(F)cc1. The first-order chi connectivity index (χ1) is 12.0. The van der Waals surface area contributed by atoms with E-state index in [1.807, 2.05) is 13.8 Å². The molecule has 1 amide bonds. The highest BCUT2D eigenvalue weighted by Crippen LogP contribution is 2.18. The maximum Gasteiger partial charge on any atom is 0.255 e. The third kappa shape index (κ3) is 4.13. The third-order valence-electron chi connectivity index (χ3n) is 4.57. The van der Waals surface area contributed by atoms with Crippen LogP contribution in [-0.2, 0) is 0 Å². The fraction of sp³-hybridized carbons (Fsp3) is 0.421. The fourth-order valence-electron chi connectivity index (χ4n) is 3.03. The molecule has 0 aliphatic carbocycles. The van der Waals surface area contributed by atoms with E-state index in [9.17, 15) is 9.18 Å². The highest BCUT2D eigenvalue weighted by molar-refractivity contribution is 5.95. The molecule has 3 rings (SSSR count). The zero-order chi connectivity index (χ0) is 17.8. The number of rotatable bonds is 4. The monoisotopic (exact) mass is 342 g/mol. The van der Waals surface area contributed by atoms with E-state index in [4.69, 9.17) is 0 Å². The average Bonchev–Trinajstić information content (AvgIpc) is 2.62. The Hall–Kier alpha value is -2.50. The van der Waals surface area contributed by atoms with Gasteiger partial charge in [-0.1, -0.05) is 12.1 Å². The van der Waals surface area contributed by atoms with Gasteiger partial charge in [0.15, 0.2) is 0 Å². The molecule has 1 aliphatic heterocycles. The van der Waals surface area contributed by atoms with Crippen LogP contribution in [0.25, 0.3) is 0 Å². The van der Waals surface area contributed by atoms with Crippen molar-refractivity contribution in [2.45, 2.75) is 39.2 Å². The zero-order valence-corrected chi connectivity index (χ0v) is 14.6. The molecule has 2 aromatic rings. The van der Waals surface area contributed by atoms with E-state index in [0.717, 1.165) is 31.5 Å². The Kier molecular flexibility index (Phi) is 5.26. The van der Waals surface area contributed by atoms with Crippen LogP contribution in [0.4, 0.5) is 10.3 Å².